The number of hydrogen-bond acceptors (Lipinski definition) is 3. The fourth-order valence-corrected chi connectivity index (χ4v) is 7.44. The van der Waals surface area contributed by atoms with Gasteiger partial charge in [0, 0.05) is 0 Å². The Kier molecular flexibility index (Phi) is 11.2. The Labute approximate surface area is 226 Å². The molecule has 0 aliphatic heterocycles. The summed E-state index contributed by atoms with van der Waals surface area (Å²) >= 11 is -2.05. The Bertz CT molecular complexity index is 1190. The van der Waals surface area contributed by atoms with Crippen LogP contribution in [0.3, 0.4) is 0 Å². The van der Waals surface area contributed by atoms with Crippen LogP contribution in [0.15, 0.2) is 109 Å². The van der Waals surface area contributed by atoms with Crippen LogP contribution in [-0.2, 0) is 13.5 Å². The first-order valence-electron chi connectivity index (χ1n) is 11.1. The number of hydrogen-bond donors (Lipinski definition) is 0. The second-order valence-corrected chi connectivity index (χ2v) is 15.7. The molecule has 0 saturated heterocycles. The number of benzene rings is 4. The summed E-state index contributed by atoms with van der Waals surface area (Å²) in [6.07, 6.45) is -0.0186. The van der Waals surface area contributed by atoms with E-state index in [9.17, 15) is 10.1 Å². The van der Waals surface area contributed by atoms with Gasteiger partial charge in [0.25, 0.3) is 0 Å². The van der Waals surface area contributed by atoms with Gasteiger partial charge in [0.05, 0.1) is 0 Å². The third kappa shape index (κ3) is 8.61. The van der Waals surface area contributed by atoms with Crippen molar-refractivity contribution >= 4 is 53.5 Å². The molecule has 0 fully saturated rings. The number of halogens is 2. The van der Waals surface area contributed by atoms with Crippen LogP contribution in [0.5, 0.6) is 5.75 Å². The minimum atomic E-state index is -2.05. The number of nitro benzene ring substituents is 1. The Hall–Kier alpha value is -2.42. The molecule has 0 unspecified atom stereocenters. The van der Waals surface area contributed by atoms with Crippen molar-refractivity contribution in [2.75, 3.05) is 0 Å². The molecule has 0 amide bonds. The summed E-state index contributed by atoms with van der Waals surface area (Å²) in [6, 6.07) is 36.7. The molecule has 36 heavy (non-hydrogen) atoms. The normalized spacial score (nSPS) is 10.9. The van der Waals surface area contributed by atoms with Crippen molar-refractivity contribution in [3.63, 3.8) is 0 Å². The Balaban J connectivity index is 0.000000202. The SMILES string of the molecule is CC(C)Oc1ccc([N+](=O)[O-])cc1[CH]=[Ru]([Cl])[Cl].c1ccc(P(c2ccccc2)c2ccccc2)cc1. The molecule has 4 rings (SSSR count). The first-order chi connectivity index (χ1) is 17.3. The molecule has 4 aromatic rings. The smallest absolute Gasteiger partial charge is 0.0134 e. The molecule has 8 heteroatoms. The van der Waals surface area contributed by atoms with Crippen LogP contribution in [0, 0.1) is 10.1 Å². The Morgan fingerprint density at radius 3 is 1.61 bits per heavy atom. The van der Waals surface area contributed by atoms with Crippen molar-refractivity contribution in [3.05, 3.63) is 125 Å². The van der Waals surface area contributed by atoms with Gasteiger partial charge in [-0.1, -0.05) is 91.0 Å². The summed E-state index contributed by atoms with van der Waals surface area (Å²) in [7, 11) is 11.1. The first-order valence-corrected chi connectivity index (χ1v) is 17.9. The maximum Gasteiger partial charge on any atom is -0.0134 e. The molecule has 0 atom stereocenters. The summed E-state index contributed by atoms with van der Waals surface area (Å²) in [4.78, 5) is 10.2. The van der Waals surface area contributed by atoms with Gasteiger partial charge in [0.1, 0.15) is 0 Å². The largest absolute Gasteiger partial charge is 0.0622 e. The van der Waals surface area contributed by atoms with Gasteiger partial charge in [0.2, 0.25) is 0 Å². The van der Waals surface area contributed by atoms with E-state index in [0.29, 0.717) is 11.3 Å². The quantitative estimate of drug-likeness (QED) is 0.0970. The maximum atomic E-state index is 10.7. The number of rotatable bonds is 7. The van der Waals surface area contributed by atoms with Crippen molar-refractivity contribution in [1.29, 1.82) is 0 Å². The Morgan fingerprint density at radius 2 is 1.25 bits per heavy atom. The van der Waals surface area contributed by atoms with Gasteiger partial charge in [0.15, 0.2) is 0 Å². The summed E-state index contributed by atoms with van der Waals surface area (Å²) in [5, 5.41) is 14.9. The zero-order chi connectivity index (χ0) is 25.9. The van der Waals surface area contributed by atoms with Gasteiger partial charge in [-0.2, -0.15) is 0 Å². The molecule has 0 aliphatic carbocycles. The molecule has 0 radical (unpaired) electrons. The van der Waals surface area contributed by atoms with Crippen molar-refractivity contribution in [2.24, 2.45) is 0 Å². The van der Waals surface area contributed by atoms with Crippen LogP contribution in [0.2, 0.25) is 0 Å². The molecule has 0 saturated carbocycles. The number of nitrogens with zero attached hydrogens (tertiary/aromatic N) is 1. The zero-order valence-electron chi connectivity index (χ0n) is 19.8. The van der Waals surface area contributed by atoms with Gasteiger partial charge >= 0.3 is 112 Å². The first kappa shape index (κ1) is 28.2. The average molecular weight is 627 g/mol. The van der Waals surface area contributed by atoms with E-state index >= 15 is 0 Å². The fourth-order valence-electron chi connectivity index (χ4n) is 3.35. The van der Waals surface area contributed by atoms with Crippen LogP contribution in [0.1, 0.15) is 19.4 Å². The second-order valence-electron chi connectivity index (χ2n) is 7.79. The van der Waals surface area contributed by atoms with Crippen LogP contribution in [0.4, 0.5) is 5.69 Å². The van der Waals surface area contributed by atoms with Crippen LogP contribution >= 0.6 is 27.3 Å². The van der Waals surface area contributed by atoms with Crippen molar-refractivity contribution in [1.82, 2.24) is 0 Å². The van der Waals surface area contributed by atoms with E-state index < -0.39 is 26.4 Å². The molecule has 4 nitrogen and oxygen atoms in total. The number of non-ortho nitro benzene ring substituents is 1. The Morgan fingerprint density at radius 1 is 0.806 bits per heavy atom. The van der Waals surface area contributed by atoms with E-state index in [1.54, 1.807) is 10.7 Å². The standard InChI is InChI=1S/C18H15P.C10H11NO3.2ClH.Ru/c1-4-10-16(11-5-1)19(17-12-6-2-7-13-17)18-14-8-3-9-15-18;1-7(2)14-10-5-4-9(11(12)13)6-8(10)3;;;/h1-15H;3-7H,1-2H3;2*1H;/q;;;;+2/p-2. The van der Waals surface area contributed by atoms with Crippen LogP contribution in [-0.4, -0.2) is 15.6 Å². The molecular formula is C28H26Cl2NO3PRu. The van der Waals surface area contributed by atoms with Crippen molar-refractivity contribution < 1.29 is 23.2 Å². The summed E-state index contributed by atoms with van der Waals surface area (Å²) in [5.41, 5.74) is 0.577. The van der Waals surface area contributed by atoms with E-state index in [4.69, 9.17) is 24.1 Å². The zero-order valence-corrected chi connectivity index (χ0v) is 23.9. The number of nitro groups is 1. The third-order valence-corrected chi connectivity index (χ3v) is 9.07. The van der Waals surface area contributed by atoms with E-state index in [2.05, 4.69) is 91.0 Å². The van der Waals surface area contributed by atoms with E-state index in [-0.39, 0.29) is 11.8 Å². The van der Waals surface area contributed by atoms with E-state index in [1.165, 1.54) is 28.0 Å². The predicted octanol–water partition coefficient (Wildman–Crippen LogP) is 6.90. The van der Waals surface area contributed by atoms with E-state index in [0.717, 1.165) is 0 Å². The van der Waals surface area contributed by atoms with Crippen LogP contribution < -0.4 is 20.7 Å². The third-order valence-electron chi connectivity index (χ3n) is 4.80. The minimum absolute atomic E-state index is 0.00360. The topological polar surface area (TPSA) is 52.4 Å². The molecule has 188 valence electrons. The molecule has 0 bridgehead atoms. The molecule has 4 aromatic carbocycles. The van der Waals surface area contributed by atoms with Gasteiger partial charge in [-0.25, -0.2) is 0 Å². The molecular weight excluding hydrogens is 601 g/mol. The summed E-state index contributed by atoms with van der Waals surface area (Å²) in [5.74, 6) is 0.561. The monoisotopic (exact) mass is 627 g/mol. The van der Waals surface area contributed by atoms with E-state index in [1.807, 2.05) is 13.8 Å². The van der Waals surface area contributed by atoms with Crippen molar-refractivity contribution in [3.8, 4) is 5.75 Å². The molecule has 0 spiro atoms. The molecule has 0 aliphatic rings. The fraction of sp³-hybridized carbons (Fsp3) is 0.107. The van der Waals surface area contributed by atoms with Gasteiger partial charge in [-0.15, -0.1) is 0 Å². The molecule has 0 aromatic heterocycles. The maximum absolute atomic E-state index is 10.7. The second kappa shape index (κ2) is 14.4. The average Bonchev–Trinajstić information content (AvgIpc) is 2.87. The molecule has 0 N–H and O–H groups in total. The minimum Gasteiger partial charge on any atom is -0.0622 e. The summed E-state index contributed by atoms with van der Waals surface area (Å²) in [6.45, 7) is 3.75. The van der Waals surface area contributed by atoms with Gasteiger partial charge in [-0.3, -0.25) is 0 Å². The van der Waals surface area contributed by atoms with Crippen molar-refractivity contribution in [2.45, 2.75) is 20.0 Å². The molecule has 0 heterocycles. The van der Waals surface area contributed by atoms with Gasteiger partial charge in [-0.05, 0) is 23.8 Å². The number of ether oxygens (including phenoxy) is 1. The summed E-state index contributed by atoms with van der Waals surface area (Å²) < 4.78 is 7.17. The predicted molar refractivity (Wildman–Crippen MR) is 151 cm³/mol. The van der Waals surface area contributed by atoms with Gasteiger partial charge < -0.3 is 0 Å². The van der Waals surface area contributed by atoms with Crippen LogP contribution in [0.25, 0.3) is 0 Å².